The van der Waals surface area contributed by atoms with Crippen molar-refractivity contribution in [1.82, 2.24) is 4.57 Å². The first-order valence-corrected chi connectivity index (χ1v) is 11.6. The van der Waals surface area contributed by atoms with Gasteiger partial charge in [-0.2, -0.15) is 0 Å². The fraction of sp³-hybridized carbons (Fsp3) is 0.286. The molecular weight excluding hydrogens is 412 g/mol. The van der Waals surface area contributed by atoms with Crippen LogP contribution in [0.1, 0.15) is 48.8 Å². The molecule has 33 heavy (non-hydrogen) atoms. The minimum Gasteiger partial charge on any atom is -0.478 e. The summed E-state index contributed by atoms with van der Waals surface area (Å²) in [5.74, 6) is -0.801. The maximum absolute atomic E-state index is 13.7. The van der Waals surface area contributed by atoms with E-state index in [1.165, 1.54) is 6.42 Å². The van der Waals surface area contributed by atoms with Crippen LogP contribution in [0.15, 0.2) is 73.1 Å². The lowest BCUT2D eigenvalue weighted by atomic mass is 9.88. The molecule has 0 radical (unpaired) electrons. The van der Waals surface area contributed by atoms with E-state index in [2.05, 4.69) is 29.0 Å². The van der Waals surface area contributed by atoms with E-state index in [0.717, 1.165) is 59.8 Å². The van der Waals surface area contributed by atoms with Gasteiger partial charge in [-0.1, -0.05) is 43.5 Å². The molecule has 4 rings (SSSR count). The standard InChI is InChI=1S/C28H30N2O3/c1-21-16-22(12-13-27(31)32)18-26(17-21)30(28(33)24-8-4-2-5-9-24)20-23-14-15-29(19-23)25-10-6-3-7-11-25/h3,6-7,10-19,24H,2,4-5,8-9,20H2,1H3,(H,31,32). The second-order valence-corrected chi connectivity index (χ2v) is 8.80. The van der Waals surface area contributed by atoms with Crippen molar-refractivity contribution < 1.29 is 14.7 Å². The molecule has 1 aliphatic rings. The Hall–Kier alpha value is -3.60. The molecule has 0 aliphatic heterocycles. The first-order chi connectivity index (χ1) is 16.0. The molecule has 1 N–H and O–H groups in total. The monoisotopic (exact) mass is 442 g/mol. The van der Waals surface area contributed by atoms with Gasteiger partial charge in [-0.05, 0) is 72.9 Å². The Morgan fingerprint density at radius 1 is 1.06 bits per heavy atom. The van der Waals surface area contributed by atoms with Crippen LogP contribution < -0.4 is 4.90 Å². The van der Waals surface area contributed by atoms with Gasteiger partial charge in [-0.15, -0.1) is 0 Å². The fourth-order valence-electron chi connectivity index (χ4n) is 4.56. The van der Waals surface area contributed by atoms with Crippen LogP contribution in [0.2, 0.25) is 0 Å². The molecule has 5 heteroatoms. The molecule has 0 unspecified atom stereocenters. The number of rotatable bonds is 7. The van der Waals surface area contributed by atoms with Crippen LogP contribution in [-0.2, 0) is 16.1 Å². The Labute approximate surface area is 195 Å². The van der Waals surface area contributed by atoms with Crippen molar-refractivity contribution in [3.05, 3.63) is 89.8 Å². The van der Waals surface area contributed by atoms with E-state index in [9.17, 15) is 9.59 Å². The van der Waals surface area contributed by atoms with Crippen LogP contribution in [0.5, 0.6) is 0 Å². The summed E-state index contributed by atoms with van der Waals surface area (Å²) in [6, 6.07) is 18.0. The van der Waals surface area contributed by atoms with Crippen LogP contribution in [0.4, 0.5) is 5.69 Å². The van der Waals surface area contributed by atoms with Gasteiger partial charge in [0.2, 0.25) is 5.91 Å². The van der Waals surface area contributed by atoms with E-state index in [1.807, 2.05) is 54.4 Å². The summed E-state index contributed by atoms with van der Waals surface area (Å²) >= 11 is 0. The van der Waals surface area contributed by atoms with E-state index in [0.29, 0.717) is 6.54 Å². The van der Waals surface area contributed by atoms with Crippen LogP contribution in [0.3, 0.4) is 0 Å². The summed E-state index contributed by atoms with van der Waals surface area (Å²) in [6.07, 6.45) is 12.0. The van der Waals surface area contributed by atoms with Crippen LogP contribution in [0.25, 0.3) is 11.8 Å². The van der Waals surface area contributed by atoms with Gasteiger partial charge in [0.25, 0.3) is 0 Å². The van der Waals surface area contributed by atoms with Crippen molar-refractivity contribution in [1.29, 1.82) is 0 Å². The SMILES string of the molecule is Cc1cc(C=CC(=O)O)cc(N(Cc2ccn(-c3ccccc3)c2)C(=O)C2CCCCC2)c1. The molecule has 1 heterocycles. The van der Waals surface area contributed by atoms with Gasteiger partial charge >= 0.3 is 5.97 Å². The Kier molecular flexibility index (Phi) is 7.08. The summed E-state index contributed by atoms with van der Waals surface area (Å²) in [4.78, 5) is 26.6. The average molecular weight is 443 g/mol. The second-order valence-electron chi connectivity index (χ2n) is 8.80. The highest BCUT2D eigenvalue weighted by atomic mass is 16.4. The van der Waals surface area contributed by atoms with E-state index in [1.54, 1.807) is 6.08 Å². The quantitative estimate of drug-likeness (QED) is 0.457. The number of hydrogen-bond donors (Lipinski definition) is 1. The molecule has 3 aromatic rings. The minimum atomic E-state index is -0.990. The van der Waals surface area contributed by atoms with Gasteiger partial charge in [-0.25, -0.2) is 4.79 Å². The smallest absolute Gasteiger partial charge is 0.328 e. The number of aromatic nitrogens is 1. The summed E-state index contributed by atoms with van der Waals surface area (Å²) in [5, 5.41) is 9.02. The molecule has 1 aromatic heterocycles. The first kappa shape index (κ1) is 22.6. The maximum atomic E-state index is 13.7. The minimum absolute atomic E-state index is 0.0356. The van der Waals surface area contributed by atoms with E-state index < -0.39 is 5.97 Å². The van der Waals surface area contributed by atoms with Crippen molar-refractivity contribution >= 4 is 23.6 Å². The summed E-state index contributed by atoms with van der Waals surface area (Å²) in [5.41, 5.74) is 4.69. The molecule has 5 nitrogen and oxygen atoms in total. The van der Waals surface area contributed by atoms with Gasteiger partial charge in [0.15, 0.2) is 0 Å². The zero-order valence-corrected chi connectivity index (χ0v) is 19.0. The van der Waals surface area contributed by atoms with Crippen molar-refractivity contribution in [2.45, 2.75) is 45.6 Å². The highest BCUT2D eigenvalue weighted by Gasteiger charge is 2.27. The van der Waals surface area contributed by atoms with Crippen molar-refractivity contribution in [3.63, 3.8) is 0 Å². The van der Waals surface area contributed by atoms with Crippen LogP contribution >= 0.6 is 0 Å². The normalized spacial score (nSPS) is 14.5. The number of carboxylic acid groups (broad SMARTS) is 1. The number of hydrogen-bond acceptors (Lipinski definition) is 2. The van der Waals surface area contributed by atoms with Crippen LogP contribution in [0, 0.1) is 12.8 Å². The van der Waals surface area contributed by atoms with E-state index in [-0.39, 0.29) is 11.8 Å². The Bertz CT molecular complexity index is 1140. The summed E-state index contributed by atoms with van der Waals surface area (Å²) in [7, 11) is 0. The molecule has 2 aromatic carbocycles. The first-order valence-electron chi connectivity index (χ1n) is 11.6. The van der Waals surface area contributed by atoms with E-state index in [4.69, 9.17) is 5.11 Å². The van der Waals surface area contributed by atoms with Crippen molar-refractivity contribution in [3.8, 4) is 5.69 Å². The number of nitrogens with zero attached hydrogens (tertiary/aromatic N) is 2. The number of carbonyl (C=O) groups is 2. The second kappa shape index (κ2) is 10.3. The molecule has 0 spiro atoms. The molecule has 0 atom stereocenters. The lowest BCUT2D eigenvalue weighted by Gasteiger charge is -2.30. The molecule has 170 valence electrons. The highest BCUT2D eigenvalue weighted by molar-refractivity contribution is 5.95. The number of carbonyl (C=O) groups excluding carboxylic acids is 1. The Morgan fingerprint density at radius 2 is 1.82 bits per heavy atom. The van der Waals surface area contributed by atoms with Gasteiger partial charge in [0.1, 0.15) is 0 Å². The van der Waals surface area contributed by atoms with Crippen molar-refractivity contribution in [2.24, 2.45) is 5.92 Å². The lowest BCUT2D eigenvalue weighted by molar-refractivity contribution is -0.131. The predicted octanol–water partition coefficient (Wildman–Crippen LogP) is 6.00. The number of anilines is 1. The zero-order valence-electron chi connectivity index (χ0n) is 19.0. The molecule has 0 bridgehead atoms. The highest BCUT2D eigenvalue weighted by Crippen LogP contribution is 2.30. The fourth-order valence-corrected chi connectivity index (χ4v) is 4.56. The Morgan fingerprint density at radius 3 is 2.55 bits per heavy atom. The number of aryl methyl sites for hydroxylation is 1. The molecule has 1 fully saturated rings. The summed E-state index contributed by atoms with van der Waals surface area (Å²) < 4.78 is 2.07. The third-order valence-corrected chi connectivity index (χ3v) is 6.18. The van der Waals surface area contributed by atoms with Gasteiger partial charge < -0.3 is 14.6 Å². The average Bonchev–Trinajstić information content (AvgIpc) is 3.30. The summed E-state index contributed by atoms with van der Waals surface area (Å²) in [6.45, 7) is 2.44. The molecule has 1 saturated carbocycles. The van der Waals surface area contributed by atoms with Gasteiger partial charge in [0.05, 0.1) is 6.54 Å². The van der Waals surface area contributed by atoms with Crippen molar-refractivity contribution in [2.75, 3.05) is 4.90 Å². The van der Waals surface area contributed by atoms with E-state index >= 15 is 0 Å². The number of carboxylic acids is 1. The largest absolute Gasteiger partial charge is 0.478 e. The van der Waals surface area contributed by atoms with Crippen LogP contribution in [-0.4, -0.2) is 21.6 Å². The topological polar surface area (TPSA) is 62.5 Å². The molecular formula is C28H30N2O3. The third-order valence-electron chi connectivity index (χ3n) is 6.18. The molecule has 1 aliphatic carbocycles. The predicted molar refractivity (Wildman–Crippen MR) is 131 cm³/mol. The molecule has 1 amide bonds. The van der Waals surface area contributed by atoms with Gasteiger partial charge in [0, 0.05) is 35.8 Å². The molecule has 0 saturated heterocycles. The Balaban J connectivity index is 1.66. The maximum Gasteiger partial charge on any atom is 0.328 e. The number of amides is 1. The number of aliphatic carboxylic acids is 1. The third kappa shape index (κ3) is 5.80. The zero-order chi connectivity index (χ0) is 23.2. The number of benzene rings is 2. The number of para-hydroxylation sites is 1. The van der Waals surface area contributed by atoms with Gasteiger partial charge in [-0.3, -0.25) is 4.79 Å². The lowest BCUT2D eigenvalue weighted by Crippen LogP contribution is -2.36.